The molecule has 24 heavy (non-hydrogen) atoms. The van der Waals surface area contributed by atoms with Crippen molar-refractivity contribution in [1.82, 2.24) is 4.90 Å². The van der Waals surface area contributed by atoms with Gasteiger partial charge in [0.2, 0.25) is 0 Å². The number of carbonyl (C=O) groups is 2. The minimum Gasteiger partial charge on any atom is -0.398 e. The van der Waals surface area contributed by atoms with Crippen molar-refractivity contribution in [1.29, 1.82) is 0 Å². The van der Waals surface area contributed by atoms with Crippen LogP contribution < -0.4 is 5.73 Å². The number of rotatable bonds is 2. The van der Waals surface area contributed by atoms with Crippen LogP contribution in [0.15, 0.2) is 36.4 Å². The van der Waals surface area contributed by atoms with Gasteiger partial charge in [-0.25, -0.2) is 0 Å². The molecule has 0 aromatic heterocycles. The van der Waals surface area contributed by atoms with Crippen LogP contribution in [0.2, 0.25) is 5.02 Å². The minimum absolute atomic E-state index is 0.0274. The number of nitrogens with two attached hydrogens (primary N) is 1. The first-order chi connectivity index (χ1) is 11.2. The summed E-state index contributed by atoms with van der Waals surface area (Å²) in [5.74, 6) is -1.27. The molecule has 0 aliphatic carbocycles. The van der Waals surface area contributed by atoms with Crippen molar-refractivity contribution in [3.05, 3.63) is 63.7 Å². The second-order valence-electron chi connectivity index (χ2n) is 5.27. The van der Waals surface area contributed by atoms with Gasteiger partial charge in [0.15, 0.2) is 0 Å². The first-order valence-electron chi connectivity index (χ1n) is 6.80. The second-order valence-corrected chi connectivity index (χ2v) is 5.68. The molecule has 1 aliphatic heterocycles. The third kappa shape index (κ3) is 2.60. The molecule has 0 spiro atoms. The number of anilines is 1. The Morgan fingerprint density at radius 3 is 2.42 bits per heavy atom. The Bertz CT molecular complexity index is 865. The summed E-state index contributed by atoms with van der Waals surface area (Å²) in [5.41, 5.74) is 5.17. The van der Waals surface area contributed by atoms with Crippen molar-refractivity contribution >= 4 is 29.1 Å². The van der Waals surface area contributed by atoms with Crippen LogP contribution in [0.25, 0.3) is 0 Å². The molecule has 4 nitrogen and oxygen atoms in total. The van der Waals surface area contributed by atoms with Gasteiger partial charge in [0.1, 0.15) is 0 Å². The Labute approximate surface area is 139 Å². The molecule has 2 amide bonds. The molecule has 124 valence electrons. The summed E-state index contributed by atoms with van der Waals surface area (Å²) in [4.78, 5) is 25.6. The summed E-state index contributed by atoms with van der Waals surface area (Å²) < 4.78 is 38.5. The molecule has 3 rings (SSSR count). The van der Waals surface area contributed by atoms with Crippen LogP contribution in [0.4, 0.5) is 18.9 Å². The van der Waals surface area contributed by atoms with Gasteiger partial charge in [0.05, 0.1) is 23.2 Å². The highest BCUT2D eigenvalue weighted by molar-refractivity contribution is 6.31. The van der Waals surface area contributed by atoms with E-state index in [2.05, 4.69) is 0 Å². The van der Waals surface area contributed by atoms with E-state index in [1.165, 1.54) is 18.2 Å². The van der Waals surface area contributed by atoms with Gasteiger partial charge in [-0.2, -0.15) is 13.2 Å². The topological polar surface area (TPSA) is 63.4 Å². The zero-order valence-electron chi connectivity index (χ0n) is 12.0. The van der Waals surface area contributed by atoms with Gasteiger partial charge in [-0.15, -0.1) is 0 Å². The number of hydrogen-bond acceptors (Lipinski definition) is 3. The monoisotopic (exact) mass is 354 g/mol. The maximum absolute atomic E-state index is 12.8. The summed E-state index contributed by atoms with van der Waals surface area (Å²) in [6.45, 7) is -0.367. The van der Waals surface area contributed by atoms with E-state index in [-0.39, 0.29) is 33.9 Å². The second kappa shape index (κ2) is 5.52. The first-order valence-corrected chi connectivity index (χ1v) is 7.18. The number of amides is 2. The molecule has 0 saturated heterocycles. The Kier molecular flexibility index (Phi) is 3.76. The number of imide groups is 1. The summed E-state index contributed by atoms with van der Waals surface area (Å²) in [7, 11) is 0. The summed E-state index contributed by atoms with van der Waals surface area (Å²) in [6, 6.07) is 7.21. The van der Waals surface area contributed by atoms with E-state index in [0.29, 0.717) is 0 Å². The predicted octanol–water partition coefficient (Wildman–Crippen LogP) is 3.74. The minimum atomic E-state index is -4.55. The highest BCUT2D eigenvalue weighted by atomic mass is 35.5. The number of fused-ring (bicyclic) bond motifs is 1. The highest BCUT2D eigenvalue weighted by Gasteiger charge is 2.38. The van der Waals surface area contributed by atoms with E-state index in [4.69, 9.17) is 17.3 Å². The molecule has 8 heteroatoms. The molecule has 2 aromatic rings. The summed E-state index contributed by atoms with van der Waals surface area (Å²) >= 11 is 5.92. The molecule has 0 bridgehead atoms. The lowest BCUT2D eigenvalue weighted by atomic mass is 10.1. The van der Waals surface area contributed by atoms with Crippen molar-refractivity contribution in [2.24, 2.45) is 0 Å². The standard InChI is InChI=1S/C16H10ClF3N2O2/c17-11-5-4-9(16(18,19)20)6-8(11)7-22-14(23)10-2-1-3-12(21)13(10)15(22)24/h1-6H,7,21H2. The number of hydrogen-bond donors (Lipinski definition) is 1. The lowest BCUT2D eigenvalue weighted by Gasteiger charge is -2.16. The third-order valence-electron chi connectivity index (χ3n) is 3.73. The predicted molar refractivity (Wildman–Crippen MR) is 81.5 cm³/mol. The van der Waals surface area contributed by atoms with E-state index < -0.39 is 23.6 Å². The normalized spacial score (nSPS) is 14.2. The van der Waals surface area contributed by atoms with E-state index in [0.717, 1.165) is 23.1 Å². The Morgan fingerprint density at radius 1 is 1.08 bits per heavy atom. The van der Waals surface area contributed by atoms with E-state index in [1.54, 1.807) is 0 Å². The fraction of sp³-hybridized carbons (Fsp3) is 0.125. The van der Waals surface area contributed by atoms with E-state index in [1.807, 2.05) is 0 Å². The zero-order valence-corrected chi connectivity index (χ0v) is 12.8. The third-order valence-corrected chi connectivity index (χ3v) is 4.10. The fourth-order valence-corrected chi connectivity index (χ4v) is 2.72. The van der Waals surface area contributed by atoms with Crippen LogP contribution in [-0.4, -0.2) is 16.7 Å². The van der Waals surface area contributed by atoms with Gasteiger partial charge >= 0.3 is 6.18 Å². The lowest BCUT2D eigenvalue weighted by Crippen LogP contribution is -2.29. The van der Waals surface area contributed by atoms with Crippen molar-refractivity contribution in [2.45, 2.75) is 12.7 Å². The van der Waals surface area contributed by atoms with Gasteiger partial charge in [0.25, 0.3) is 11.8 Å². The largest absolute Gasteiger partial charge is 0.416 e. The molecule has 0 radical (unpaired) electrons. The van der Waals surface area contributed by atoms with Crippen LogP contribution in [-0.2, 0) is 12.7 Å². The van der Waals surface area contributed by atoms with Crippen molar-refractivity contribution < 1.29 is 22.8 Å². The Balaban J connectivity index is 1.98. The molecule has 0 saturated carbocycles. The summed E-state index contributed by atoms with van der Waals surface area (Å²) in [6.07, 6.45) is -4.55. The highest BCUT2D eigenvalue weighted by Crippen LogP contribution is 2.34. The van der Waals surface area contributed by atoms with Crippen LogP contribution in [0, 0.1) is 0 Å². The molecule has 2 aromatic carbocycles. The van der Waals surface area contributed by atoms with Gasteiger partial charge in [-0.3, -0.25) is 14.5 Å². The Hall–Kier alpha value is -2.54. The van der Waals surface area contributed by atoms with Gasteiger partial charge in [-0.05, 0) is 35.9 Å². The molecule has 0 atom stereocenters. The molecular formula is C16H10ClF3N2O2. The van der Waals surface area contributed by atoms with Gasteiger partial charge in [0, 0.05) is 10.7 Å². The number of halogens is 4. The summed E-state index contributed by atoms with van der Waals surface area (Å²) in [5, 5.41) is 0.0347. The maximum atomic E-state index is 12.8. The Morgan fingerprint density at radius 2 is 1.79 bits per heavy atom. The van der Waals surface area contributed by atoms with Crippen LogP contribution in [0.5, 0.6) is 0 Å². The number of carbonyl (C=O) groups excluding carboxylic acids is 2. The first kappa shape index (κ1) is 16.3. The molecule has 1 heterocycles. The average Bonchev–Trinajstić information content (AvgIpc) is 2.74. The van der Waals surface area contributed by atoms with Crippen molar-refractivity contribution in [3.63, 3.8) is 0 Å². The molecule has 0 unspecified atom stereocenters. The van der Waals surface area contributed by atoms with Gasteiger partial charge in [-0.1, -0.05) is 17.7 Å². The maximum Gasteiger partial charge on any atom is 0.416 e. The lowest BCUT2D eigenvalue weighted by molar-refractivity contribution is -0.137. The molecular weight excluding hydrogens is 345 g/mol. The quantitative estimate of drug-likeness (QED) is 0.660. The number of nitrogens with zero attached hydrogens (tertiary/aromatic N) is 1. The van der Waals surface area contributed by atoms with Crippen LogP contribution >= 0.6 is 11.6 Å². The molecule has 1 aliphatic rings. The van der Waals surface area contributed by atoms with E-state index >= 15 is 0 Å². The van der Waals surface area contributed by atoms with Crippen molar-refractivity contribution in [3.8, 4) is 0 Å². The fourth-order valence-electron chi connectivity index (χ4n) is 2.55. The molecule has 0 fully saturated rings. The average molecular weight is 355 g/mol. The molecule has 2 N–H and O–H groups in total. The zero-order chi connectivity index (χ0) is 17.6. The smallest absolute Gasteiger partial charge is 0.398 e. The number of alkyl halides is 3. The van der Waals surface area contributed by atoms with Gasteiger partial charge < -0.3 is 5.73 Å². The number of benzene rings is 2. The van der Waals surface area contributed by atoms with Crippen molar-refractivity contribution in [2.75, 3.05) is 5.73 Å². The number of nitrogen functional groups attached to an aromatic ring is 1. The van der Waals surface area contributed by atoms with Crippen LogP contribution in [0.3, 0.4) is 0 Å². The van der Waals surface area contributed by atoms with Crippen LogP contribution in [0.1, 0.15) is 31.8 Å². The van der Waals surface area contributed by atoms with E-state index in [9.17, 15) is 22.8 Å². The SMILES string of the molecule is Nc1cccc2c1C(=O)N(Cc1cc(C(F)(F)F)ccc1Cl)C2=O.